The van der Waals surface area contributed by atoms with Crippen molar-refractivity contribution in [1.82, 2.24) is 4.90 Å². The molecule has 22 heavy (non-hydrogen) atoms. The summed E-state index contributed by atoms with van der Waals surface area (Å²) in [4.78, 5) is 25.8. The van der Waals surface area contributed by atoms with Gasteiger partial charge in [-0.05, 0) is 23.6 Å². The molecule has 2 heterocycles. The number of thioether (sulfide) groups is 1. The van der Waals surface area contributed by atoms with Gasteiger partial charge in [-0.2, -0.15) is 0 Å². The smallest absolute Gasteiger partial charge is 0.417 e. The predicted octanol–water partition coefficient (Wildman–Crippen LogP) is 2.86. The Bertz CT molecular complexity index is 586. The number of cyclic esters (lactones) is 1. The molecule has 0 aliphatic carbocycles. The average Bonchev–Trinajstić information content (AvgIpc) is 3.22. The highest BCUT2D eigenvalue weighted by Gasteiger charge is 2.52. The molecule has 5 nitrogen and oxygen atoms in total. The maximum Gasteiger partial charge on any atom is 0.417 e. The Balaban J connectivity index is 1.70. The van der Waals surface area contributed by atoms with Crippen molar-refractivity contribution in [2.45, 2.75) is 30.4 Å². The zero-order valence-corrected chi connectivity index (χ0v) is 13.6. The van der Waals surface area contributed by atoms with Gasteiger partial charge < -0.3 is 9.47 Å². The molecule has 0 radical (unpaired) electrons. The summed E-state index contributed by atoms with van der Waals surface area (Å²) in [6, 6.07) is 7.55. The molecule has 3 atom stereocenters. The summed E-state index contributed by atoms with van der Waals surface area (Å²) in [6.45, 7) is 4.29. The van der Waals surface area contributed by atoms with Gasteiger partial charge >= 0.3 is 6.09 Å². The van der Waals surface area contributed by atoms with Crippen LogP contribution in [0.5, 0.6) is 5.75 Å². The van der Waals surface area contributed by atoms with Crippen molar-refractivity contribution in [2.24, 2.45) is 5.92 Å². The molecular formula is C16H19NO4S. The number of ether oxygens (including phenoxy) is 2. The number of benzene rings is 1. The van der Waals surface area contributed by atoms with Crippen LogP contribution in [0.1, 0.15) is 24.7 Å². The van der Waals surface area contributed by atoms with Crippen LogP contribution in [0.3, 0.4) is 0 Å². The SMILES string of the molecule is COc1ccc([C@@H]2S[C@H]2C(=O)N2C(=O)OC[C@@H]2C(C)C)cc1. The summed E-state index contributed by atoms with van der Waals surface area (Å²) in [5, 5.41) is -0.0834. The summed E-state index contributed by atoms with van der Waals surface area (Å²) in [6.07, 6.45) is -0.510. The molecule has 2 aliphatic rings. The highest BCUT2D eigenvalue weighted by atomic mass is 32.2. The molecule has 2 fully saturated rings. The van der Waals surface area contributed by atoms with Crippen LogP contribution in [-0.2, 0) is 9.53 Å². The molecule has 3 rings (SSSR count). The Labute approximate surface area is 134 Å². The van der Waals surface area contributed by atoms with Gasteiger partial charge in [0, 0.05) is 0 Å². The van der Waals surface area contributed by atoms with E-state index in [4.69, 9.17) is 9.47 Å². The Morgan fingerprint density at radius 1 is 1.36 bits per heavy atom. The number of methoxy groups -OCH3 is 1. The fraction of sp³-hybridized carbons (Fsp3) is 0.500. The van der Waals surface area contributed by atoms with E-state index in [1.165, 1.54) is 4.90 Å². The molecule has 0 N–H and O–H groups in total. The van der Waals surface area contributed by atoms with E-state index in [1.54, 1.807) is 18.9 Å². The van der Waals surface area contributed by atoms with E-state index in [9.17, 15) is 9.59 Å². The Kier molecular flexibility index (Phi) is 4.04. The molecule has 0 unspecified atom stereocenters. The van der Waals surface area contributed by atoms with Gasteiger partial charge in [0.15, 0.2) is 0 Å². The van der Waals surface area contributed by atoms with Crippen LogP contribution in [-0.4, -0.2) is 41.9 Å². The Morgan fingerprint density at radius 2 is 2.05 bits per heavy atom. The first kappa shape index (κ1) is 15.2. The average molecular weight is 321 g/mol. The van der Waals surface area contributed by atoms with Gasteiger partial charge in [-0.1, -0.05) is 26.0 Å². The summed E-state index contributed by atoms with van der Waals surface area (Å²) in [7, 11) is 1.62. The molecule has 0 spiro atoms. The minimum atomic E-state index is -0.510. The summed E-state index contributed by atoms with van der Waals surface area (Å²) in [5.74, 6) is 0.853. The third-order valence-electron chi connectivity index (χ3n) is 4.09. The number of hydrogen-bond donors (Lipinski definition) is 0. The van der Waals surface area contributed by atoms with E-state index in [-0.39, 0.29) is 28.4 Å². The minimum Gasteiger partial charge on any atom is -0.497 e. The highest BCUT2D eigenvalue weighted by molar-refractivity contribution is 8.08. The van der Waals surface area contributed by atoms with E-state index < -0.39 is 6.09 Å². The molecule has 0 bridgehead atoms. The van der Waals surface area contributed by atoms with E-state index in [2.05, 4.69) is 0 Å². The molecule has 2 saturated heterocycles. The lowest BCUT2D eigenvalue weighted by atomic mass is 10.0. The van der Waals surface area contributed by atoms with Crippen LogP contribution in [0.15, 0.2) is 24.3 Å². The standard InChI is InChI=1S/C16H19NO4S/c1-9(2)12-8-21-16(19)17(12)15(18)14-13(22-14)10-4-6-11(20-3)7-5-10/h4-7,9,12-14H,8H2,1-3H3/t12-,13+,14-/m1/s1. The van der Waals surface area contributed by atoms with E-state index in [1.807, 2.05) is 38.1 Å². The number of carbonyl (C=O) groups excluding carboxylic acids is 2. The number of amides is 2. The fourth-order valence-corrected chi connectivity index (χ4v) is 3.71. The predicted molar refractivity (Wildman–Crippen MR) is 83.9 cm³/mol. The van der Waals surface area contributed by atoms with Gasteiger partial charge in [-0.25, -0.2) is 9.69 Å². The van der Waals surface area contributed by atoms with Crippen LogP contribution < -0.4 is 4.74 Å². The van der Waals surface area contributed by atoms with Crippen molar-refractivity contribution >= 4 is 23.8 Å². The van der Waals surface area contributed by atoms with Crippen LogP contribution in [0.4, 0.5) is 4.79 Å². The van der Waals surface area contributed by atoms with E-state index in [0.29, 0.717) is 6.61 Å². The maximum atomic E-state index is 12.6. The van der Waals surface area contributed by atoms with Crippen molar-refractivity contribution in [3.05, 3.63) is 29.8 Å². The normalized spacial score (nSPS) is 27.0. The number of imide groups is 1. The second-order valence-electron chi connectivity index (χ2n) is 5.85. The van der Waals surface area contributed by atoms with Crippen molar-refractivity contribution in [3.63, 3.8) is 0 Å². The zero-order chi connectivity index (χ0) is 15.9. The second-order valence-corrected chi connectivity index (χ2v) is 7.13. The van der Waals surface area contributed by atoms with E-state index in [0.717, 1.165) is 11.3 Å². The third kappa shape index (κ3) is 2.67. The third-order valence-corrected chi connectivity index (χ3v) is 5.38. The van der Waals surface area contributed by atoms with Crippen molar-refractivity contribution < 1.29 is 19.1 Å². The molecule has 118 valence electrons. The largest absolute Gasteiger partial charge is 0.497 e. The van der Waals surface area contributed by atoms with Crippen LogP contribution >= 0.6 is 11.8 Å². The van der Waals surface area contributed by atoms with Crippen LogP contribution in [0.25, 0.3) is 0 Å². The van der Waals surface area contributed by atoms with Gasteiger partial charge in [0.05, 0.1) is 18.4 Å². The van der Waals surface area contributed by atoms with Crippen molar-refractivity contribution in [1.29, 1.82) is 0 Å². The molecule has 1 aromatic carbocycles. The number of carbonyl (C=O) groups is 2. The summed E-state index contributed by atoms with van der Waals surface area (Å²) < 4.78 is 10.2. The molecule has 0 aromatic heterocycles. The summed E-state index contributed by atoms with van der Waals surface area (Å²) in [5.41, 5.74) is 1.08. The summed E-state index contributed by atoms with van der Waals surface area (Å²) >= 11 is 1.57. The van der Waals surface area contributed by atoms with Crippen molar-refractivity contribution in [3.8, 4) is 5.75 Å². The molecule has 6 heteroatoms. The number of hydrogen-bond acceptors (Lipinski definition) is 5. The lowest BCUT2D eigenvalue weighted by molar-refractivity contribution is -0.128. The van der Waals surface area contributed by atoms with Gasteiger partial charge in [0.25, 0.3) is 0 Å². The maximum absolute atomic E-state index is 12.6. The van der Waals surface area contributed by atoms with Crippen molar-refractivity contribution in [2.75, 3.05) is 13.7 Å². The quantitative estimate of drug-likeness (QED) is 0.798. The first-order chi connectivity index (χ1) is 10.5. The topological polar surface area (TPSA) is 55.8 Å². The Hall–Kier alpha value is -1.69. The first-order valence-electron chi connectivity index (χ1n) is 7.32. The molecular weight excluding hydrogens is 302 g/mol. The number of rotatable bonds is 4. The van der Waals surface area contributed by atoms with Gasteiger partial charge in [0.2, 0.25) is 5.91 Å². The van der Waals surface area contributed by atoms with Gasteiger partial charge in [-0.15, -0.1) is 11.8 Å². The highest BCUT2D eigenvalue weighted by Crippen LogP contribution is 2.56. The van der Waals surface area contributed by atoms with Crippen LogP contribution in [0.2, 0.25) is 0 Å². The first-order valence-corrected chi connectivity index (χ1v) is 8.26. The van der Waals surface area contributed by atoms with E-state index >= 15 is 0 Å². The Morgan fingerprint density at radius 3 is 2.64 bits per heavy atom. The van der Waals surface area contributed by atoms with Crippen LogP contribution in [0, 0.1) is 5.92 Å². The lowest BCUT2D eigenvalue weighted by Gasteiger charge is -2.22. The molecule has 2 aliphatic heterocycles. The molecule has 1 aromatic rings. The molecule has 2 amide bonds. The zero-order valence-electron chi connectivity index (χ0n) is 12.8. The minimum absolute atomic E-state index is 0.111. The monoisotopic (exact) mass is 321 g/mol. The van der Waals surface area contributed by atoms with Gasteiger partial charge in [0.1, 0.15) is 17.6 Å². The second kappa shape index (κ2) is 5.83. The molecule has 0 saturated carbocycles. The fourth-order valence-electron chi connectivity index (χ4n) is 2.66. The van der Waals surface area contributed by atoms with Gasteiger partial charge in [-0.3, -0.25) is 4.79 Å². The lowest BCUT2D eigenvalue weighted by Crippen LogP contribution is -2.43. The number of nitrogens with zero attached hydrogens (tertiary/aromatic N) is 1.